The van der Waals surface area contributed by atoms with E-state index < -0.39 is 5.60 Å². The van der Waals surface area contributed by atoms with Crippen LogP contribution in [-0.4, -0.2) is 39.6 Å². The first-order valence-corrected chi connectivity index (χ1v) is 6.88. The Morgan fingerprint density at radius 2 is 2.25 bits per heavy atom. The number of hydrogen-bond acceptors (Lipinski definition) is 5. The number of rotatable bonds is 2. The van der Waals surface area contributed by atoms with E-state index >= 15 is 0 Å². The summed E-state index contributed by atoms with van der Waals surface area (Å²) in [6, 6.07) is 1.75. The lowest BCUT2D eigenvalue weighted by Crippen LogP contribution is -2.34. The Labute approximate surface area is 119 Å². The summed E-state index contributed by atoms with van der Waals surface area (Å²) in [6.45, 7) is 4.86. The average Bonchev–Trinajstić information content (AvgIpc) is 2.59. The molecule has 0 aromatic carbocycles. The minimum absolute atomic E-state index is 0.0943. The van der Waals surface area contributed by atoms with Gasteiger partial charge < -0.3 is 15.4 Å². The van der Waals surface area contributed by atoms with Crippen LogP contribution >= 0.6 is 0 Å². The Bertz CT molecular complexity index is 502. The van der Waals surface area contributed by atoms with Crippen molar-refractivity contribution in [2.75, 3.05) is 18.5 Å². The van der Waals surface area contributed by atoms with Gasteiger partial charge in [-0.15, -0.1) is 0 Å². The Balaban J connectivity index is 2.19. The standard InChI is InChI=1S/C14H22N4O2/c1-10-8-12(17-15)11(9-16-10)13(19)18-6-3-4-14(2,20)5-7-18/h8-9,20H,3-7,15H2,1-2H3,(H,16,17). The van der Waals surface area contributed by atoms with E-state index in [9.17, 15) is 9.90 Å². The smallest absolute Gasteiger partial charge is 0.257 e. The third-order valence-corrected chi connectivity index (χ3v) is 3.78. The van der Waals surface area contributed by atoms with Crippen LogP contribution in [0.1, 0.15) is 42.2 Å². The lowest BCUT2D eigenvalue weighted by Gasteiger charge is -2.23. The largest absolute Gasteiger partial charge is 0.390 e. The number of anilines is 1. The number of carbonyl (C=O) groups is 1. The molecule has 20 heavy (non-hydrogen) atoms. The van der Waals surface area contributed by atoms with Gasteiger partial charge in [0.05, 0.1) is 16.9 Å². The first kappa shape index (κ1) is 14.7. The molecule has 4 N–H and O–H groups in total. The number of pyridine rings is 1. The maximum Gasteiger partial charge on any atom is 0.257 e. The van der Waals surface area contributed by atoms with Gasteiger partial charge in [-0.25, -0.2) is 0 Å². The maximum absolute atomic E-state index is 12.6. The lowest BCUT2D eigenvalue weighted by molar-refractivity contribution is 0.0438. The Morgan fingerprint density at radius 3 is 2.95 bits per heavy atom. The van der Waals surface area contributed by atoms with Crippen molar-refractivity contribution in [1.82, 2.24) is 9.88 Å². The summed E-state index contributed by atoms with van der Waals surface area (Å²) < 4.78 is 0. The summed E-state index contributed by atoms with van der Waals surface area (Å²) in [7, 11) is 0. The predicted octanol–water partition coefficient (Wildman–Crippen LogP) is 1.05. The van der Waals surface area contributed by atoms with Crippen molar-refractivity contribution in [3.05, 3.63) is 23.5 Å². The summed E-state index contributed by atoms with van der Waals surface area (Å²) in [4.78, 5) is 18.5. The monoisotopic (exact) mass is 278 g/mol. The number of amides is 1. The van der Waals surface area contributed by atoms with Crippen LogP contribution < -0.4 is 11.3 Å². The van der Waals surface area contributed by atoms with Crippen molar-refractivity contribution in [2.24, 2.45) is 5.84 Å². The fraction of sp³-hybridized carbons (Fsp3) is 0.571. The number of nitrogens with one attached hydrogen (secondary N) is 1. The Hall–Kier alpha value is -1.66. The molecule has 1 aliphatic rings. The van der Waals surface area contributed by atoms with Crippen LogP contribution in [0.5, 0.6) is 0 Å². The molecule has 1 fully saturated rings. The second kappa shape index (κ2) is 5.76. The average molecular weight is 278 g/mol. The van der Waals surface area contributed by atoms with Gasteiger partial charge in [0.25, 0.3) is 5.91 Å². The zero-order valence-corrected chi connectivity index (χ0v) is 12.0. The summed E-state index contributed by atoms with van der Waals surface area (Å²) in [5, 5.41) is 10.1. The molecule has 0 spiro atoms. The van der Waals surface area contributed by atoms with Gasteiger partial charge in [-0.3, -0.25) is 15.6 Å². The van der Waals surface area contributed by atoms with Crippen LogP contribution in [-0.2, 0) is 0 Å². The van der Waals surface area contributed by atoms with Gasteiger partial charge in [0.1, 0.15) is 0 Å². The summed E-state index contributed by atoms with van der Waals surface area (Å²) in [5.41, 5.74) is 3.72. The number of aliphatic hydroxyl groups is 1. The highest BCUT2D eigenvalue weighted by molar-refractivity contribution is 5.99. The number of hydrazine groups is 1. The van der Waals surface area contributed by atoms with E-state index in [0.29, 0.717) is 37.2 Å². The van der Waals surface area contributed by atoms with E-state index in [1.54, 1.807) is 17.2 Å². The third kappa shape index (κ3) is 3.26. The fourth-order valence-electron chi connectivity index (χ4n) is 2.49. The number of likely N-dealkylation sites (tertiary alicyclic amines) is 1. The zero-order chi connectivity index (χ0) is 14.8. The molecule has 0 saturated carbocycles. The number of hydrogen-bond donors (Lipinski definition) is 3. The molecule has 110 valence electrons. The van der Waals surface area contributed by atoms with Crippen molar-refractivity contribution in [3.63, 3.8) is 0 Å². The minimum Gasteiger partial charge on any atom is -0.390 e. The molecule has 1 unspecified atom stereocenters. The highest BCUT2D eigenvalue weighted by Crippen LogP contribution is 2.24. The molecular weight excluding hydrogens is 256 g/mol. The molecule has 1 aromatic heterocycles. The van der Waals surface area contributed by atoms with Crippen LogP contribution in [0.15, 0.2) is 12.3 Å². The SMILES string of the molecule is Cc1cc(NN)c(C(=O)N2CCCC(C)(O)CC2)cn1. The Kier molecular flexibility index (Phi) is 4.25. The van der Waals surface area contributed by atoms with Crippen LogP contribution in [0.2, 0.25) is 0 Å². The minimum atomic E-state index is -0.685. The van der Waals surface area contributed by atoms with Gasteiger partial charge in [0, 0.05) is 25.0 Å². The molecule has 1 amide bonds. The number of nitrogens with zero attached hydrogens (tertiary/aromatic N) is 2. The van der Waals surface area contributed by atoms with Crippen LogP contribution in [0.3, 0.4) is 0 Å². The Morgan fingerprint density at radius 1 is 1.50 bits per heavy atom. The number of carbonyl (C=O) groups excluding carboxylic acids is 1. The number of aromatic nitrogens is 1. The van der Waals surface area contributed by atoms with Crippen molar-refractivity contribution >= 4 is 11.6 Å². The summed E-state index contributed by atoms with van der Waals surface area (Å²) in [5.74, 6) is 5.38. The van der Waals surface area contributed by atoms with Crippen LogP contribution in [0, 0.1) is 6.92 Å². The third-order valence-electron chi connectivity index (χ3n) is 3.78. The normalized spacial score (nSPS) is 23.3. The highest BCUT2D eigenvalue weighted by atomic mass is 16.3. The molecule has 0 bridgehead atoms. The lowest BCUT2D eigenvalue weighted by atomic mass is 9.98. The quantitative estimate of drug-likeness (QED) is 0.555. The van der Waals surface area contributed by atoms with E-state index in [4.69, 9.17) is 5.84 Å². The zero-order valence-electron chi connectivity index (χ0n) is 12.0. The summed E-state index contributed by atoms with van der Waals surface area (Å²) >= 11 is 0. The van der Waals surface area contributed by atoms with Gasteiger partial charge in [0.2, 0.25) is 0 Å². The fourth-order valence-corrected chi connectivity index (χ4v) is 2.49. The molecule has 6 heteroatoms. The molecule has 6 nitrogen and oxygen atoms in total. The highest BCUT2D eigenvalue weighted by Gasteiger charge is 2.28. The second-order valence-corrected chi connectivity index (χ2v) is 5.66. The van der Waals surface area contributed by atoms with E-state index in [1.165, 1.54) is 0 Å². The predicted molar refractivity (Wildman–Crippen MR) is 77.2 cm³/mol. The first-order chi connectivity index (χ1) is 9.43. The van der Waals surface area contributed by atoms with Gasteiger partial charge in [-0.1, -0.05) is 0 Å². The van der Waals surface area contributed by atoms with Gasteiger partial charge in [-0.2, -0.15) is 0 Å². The van der Waals surface area contributed by atoms with Crippen LogP contribution in [0.4, 0.5) is 5.69 Å². The first-order valence-electron chi connectivity index (χ1n) is 6.88. The van der Waals surface area contributed by atoms with Gasteiger partial charge >= 0.3 is 0 Å². The molecule has 1 aromatic rings. The molecule has 0 radical (unpaired) electrons. The van der Waals surface area contributed by atoms with E-state index in [-0.39, 0.29) is 5.91 Å². The second-order valence-electron chi connectivity index (χ2n) is 5.66. The number of nitrogen functional groups attached to an aromatic ring is 1. The topological polar surface area (TPSA) is 91.5 Å². The van der Waals surface area contributed by atoms with Crippen molar-refractivity contribution in [3.8, 4) is 0 Å². The number of aryl methyl sites for hydroxylation is 1. The molecule has 1 saturated heterocycles. The van der Waals surface area contributed by atoms with Gasteiger partial charge in [-0.05, 0) is 39.2 Å². The van der Waals surface area contributed by atoms with E-state index in [0.717, 1.165) is 12.1 Å². The van der Waals surface area contributed by atoms with Crippen molar-refractivity contribution in [2.45, 2.75) is 38.7 Å². The van der Waals surface area contributed by atoms with E-state index in [2.05, 4.69) is 10.4 Å². The molecule has 2 rings (SSSR count). The molecule has 0 aliphatic carbocycles. The van der Waals surface area contributed by atoms with Crippen molar-refractivity contribution in [1.29, 1.82) is 0 Å². The molecule has 1 aliphatic heterocycles. The van der Waals surface area contributed by atoms with Crippen molar-refractivity contribution < 1.29 is 9.90 Å². The maximum atomic E-state index is 12.6. The van der Waals surface area contributed by atoms with E-state index in [1.807, 2.05) is 13.8 Å². The molecule has 2 heterocycles. The molecular formula is C14H22N4O2. The van der Waals surface area contributed by atoms with Gasteiger partial charge in [0.15, 0.2) is 0 Å². The molecule has 1 atom stereocenters. The summed E-state index contributed by atoms with van der Waals surface area (Å²) in [6.07, 6.45) is 3.65. The van der Waals surface area contributed by atoms with Crippen LogP contribution in [0.25, 0.3) is 0 Å². The number of nitrogens with two attached hydrogens (primary N) is 1.